The van der Waals surface area contributed by atoms with Crippen molar-refractivity contribution in [2.45, 2.75) is 20.0 Å². The topological polar surface area (TPSA) is 74.3 Å². The molecular formula is C24H24ClN5O3. The highest BCUT2D eigenvalue weighted by Crippen LogP contribution is 2.34. The molecule has 5 rings (SSSR count). The van der Waals surface area contributed by atoms with Crippen LogP contribution in [0.1, 0.15) is 12.5 Å². The van der Waals surface area contributed by atoms with Gasteiger partial charge in [-0.2, -0.15) is 4.98 Å². The third-order valence-corrected chi connectivity index (χ3v) is 6.31. The van der Waals surface area contributed by atoms with Crippen molar-refractivity contribution < 1.29 is 4.74 Å². The Morgan fingerprint density at radius 1 is 1.12 bits per heavy atom. The lowest BCUT2D eigenvalue weighted by molar-refractivity contribution is 0.414. The number of hydrogen-bond acceptors (Lipinski definition) is 5. The van der Waals surface area contributed by atoms with Gasteiger partial charge in [0, 0.05) is 36.9 Å². The molecule has 0 amide bonds. The fourth-order valence-electron chi connectivity index (χ4n) is 4.41. The van der Waals surface area contributed by atoms with Crippen LogP contribution in [0.2, 0.25) is 5.02 Å². The minimum atomic E-state index is -0.404. The van der Waals surface area contributed by atoms with Gasteiger partial charge in [0.25, 0.3) is 5.56 Å². The number of rotatable bonds is 4. The first kappa shape index (κ1) is 21.3. The fourth-order valence-corrected chi connectivity index (χ4v) is 4.54. The number of anilines is 2. The molecule has 1 aliphatic heterocycles. The predicted molar refractivity (Wildman–Crippen MR) is 129 cm³/mol. The Labute approximate surface area is 195 Å². The van der Waals surface area contributed by atoms with Crippen molar-refractivity contribution in [1.29, 1.82) is 0 Å². The summed E-state index contributed by atoms with van der Waals surface area (Å²) in [4.78, 5) is 33.5. The molecule has 0 saturated carbocycles. The molecule has 0 fully saturated rings. The smallest absolute Gasteiger partial charge is 0.332 e. The Balaban J connectivity index is 1.70. The highest BCUT2D eigenvalue weighted by atomic mass is 35.5. The number of benzene rings is 2. The Hall–Kier alpha value is -3.52. The maximum atomic E-state index is 13.6. The summed E-state index contributed by atoms with van der Waals surface area (Å²) in [6.45, 7) is 3.68. The zero-order valence-corrected chi connectivity index (χ0v) is 19.4. The molecule has 0 aliphatic carbocycles. The molecule has 33 heavy (non-hydrogen) atoms. The van der Waals surface area contributed by atoms with Gasteiger partial charge in [0.05, 0.1) is 13.7 Å². The maximum absolute atomic E-state index is 13.6. The zero-order valence-electron chi connectivity index (χ0n) is 18.7. The Morgan fingerprint density at radius 3 is 2.61 bits per heavy atom. The summed E-state index contributed by atoms with van der Waals surface area (Å²) in [5.41, 5.74) is 1.81. The van der Waals surface area contributed by atoms with Crippen LogP contribution in [0.25, 0.3) is 11.2 Å². The van der Waals surface area contributed by atoms with E-state index >= 15 is 0 Å². The van der Waals surface area contributed by atoms with Crippen molar-refractivity contribution in [2.75, 3.05) is 18.6 Å². The van der Waals surface area contributed by atoms with E-state index in [1.807, 2.05) is 41.0 Å². The summed E-state index contributed by atoms with van der Waals surface area (Å²) in [6, 6.07) is 14.9. The van der Waals surface area contributed by atoms with E-state index in [1.165, 1.54) is 9.13 Å². The highest BCUT2D eigenvalue weighted by molar-refractivity contribution is 6.30. The van der Waals surface area contributed by atoms with Crippen LogP contribution < -0.4 is 20.9 Å². The van der Waals surface area contributed by atoms with Crippen LogP contribution in [0, 0.1) is 5.92 Å². The standard InChI is InChI=1S/C24H24ClN5O3/c1-15-12-28(18-5-4-6-19(11-18)33-3)23-26-21-20(29(23)13-15)22(31)30(24(32)27(21)2)14-16-7-9-17(25)10-8-16/h4-11,15H,12-14H2,1-3H3/t15-/m0/s1. The summed E-state index contributed by atoms with van der Waals surface area (Å²) >= 11 is 5.98. The van der Waals surface area contributed by atoms with Crippen LogP contribution in [0.15, 0.2) is 58.1 Å². The van der Waals surface area contributed by atoms with Crippen LogP contribution in [0.5, 0.6) is 5.75 Å². The van der Waals surface area contributed by atoms with E-state index in [4.69, 9.17) is 21.3 Å². The molecule has 0 radical (unpaired) electrons. The lowest BCUT2D eigenvalue weighted by atomic mass is 10.1. The van der Waals surface area contributed by atoms with E-state index in [1.54, 1.807) is 26.3 Å². The summed E-state index contributed by atoms with van der Waals surface area (Å²) < 4.78 is 10.0. The van der Waals surface area contributed by atoms with E-state index in [0.717, 1.165) is 23.5 Å². The molecule has 8 nitrogen and oxygen atoms in total. The second kappa shape index (κ2) is 8.12. The van der Waals surface area contributed by atoms with Crippen LogP contribution in [0.3, 0.4) is 0 Å². The van der Waals surface area contributed by atoms with E-state index in [-0.39, 0.29) is 18.0 Å². The van der Waals surface area contributed by atoms with Crippen molar-refractivity contribution in [1.82, 2.24) is 18.7 Å². The Kier molecular flexibility index (Phi) is 5.25. The minimum absolute atomic E-state index is 0.161. The molecule has 2 aromatic carbocycles. The molecule has 4 aromatic rings. The van der Waals surface area contributed by atoms with E-state index < -0.39 is 5.69 Å². The van der Waals surface area contributed by atoms with Crippen LogP contribution in [-0.4, -0.2) is 32.3 Å². The minimum Gasteiger partial charge on any atom is -0.497 e. The van der Waals surface area contributed by atoms with Gasteiger partial charge in [-0.15, -0.1) is 0 Å². The number of imidazole rings is 1. The lowest BCUT2D eigenvalue weighted by Gasteiger charge is -2.33. The van der Waals surface area contributed by atoms with Crippen LogP contribution in [0.4, 0.5) is 11.6 Å². The van der Waals surface area contributed by atoms with Gasteiger partial charge < -0.3 is 14.2 Å². The van der Waals surface area contributed by atoms with Crippen molar-refractivity contribution in [2.24, 2.45) is 13.0 Å². The number of ether oxygens (including phenoxy) is 1. The first-order valence-corrected chi connectivity index (χ1v) is 11.1. The Morgan fingerprint density at radius 2 is 1.88 bits per heavy atom. The molecule has 2 aromatic heterocycles. The van der Waals surface area contributed by atoms with Crippen molar-refractivity contribution >= 4 is 34.4 Å². The average molecular weight is 466 g/mol. The largest absolute Gasteiger partial charge is 0.497 e. The van der Waals surface area contributed by atoms with Gasteiger partial charge in [-0.25, -0.2) is 4.79 Å². The fraction of sp³-hybridized carbons (Fsp3) is 0.292. The number of halogens is 1. The third kappa shape index (κ3) is 3.60. The molecule has 0 bridgehead atoms. The second-order valence-corrected chi connectivity index (χ2v) is 8.91. The molecule has 0 unspecified atom stereocenters. The molecule has 170 valence electrons. The maximum Gasteiger partial charge on any atom is 0.332 e. The highest BCUT2D eigenvalue weighted by Gasteiger charge is 2.30. The van der Waals surface area contributed by atoms with Crippen LogP contribution >= 0.6 is 11.6 Å². The molecule has 1 atom stereocenters. The lowest BCUT2D eigenvalue weighted by Crippen LogP contribution is -2.40. The summed E-state index contributed by atoms with van der Waals surface area (Å²) in [5.74, 6) is 1.65. The van der Waals surface area contributed by atoms with Crippen molar-refractivity contribution in [3.8, 4) is 5.75 Å². The number of methoxy groups -OCH3 is 1. The molecular weight excluding hydrogens is 442 g/mol. The van der Waals surface area contributed by atoms with Gasteiger partial charge in [0.1, 0.15) is 5.75 Å². The number of aromatic nitrogens is 4. The van der Waals surface area contributed by atoms with Gasteiger partial charge in [0.15, 0.2) is 11.2 Å². The summed E-state index contributed by atoms with van der Waals surface area (Å²) in [5, 5.41) is 0.603. The first-order valence-electron chi connectivity index (χ1n) is 10.7. The van der Waals surface area contributed by atoms with Gasteiger partial charge in [-0.05, 0) is 35.7 Å². The average Bonchev–Trinajstić information content (AvgIpc) is 3.20. The Bertz CT molecular complexity index is 1470. The quantitative estimate of drug-likeness (QED) is 0.462. The third-order valence-electron chi connectivity index (χ3n) is 6.06. The molecule has 0 spiro atoms. The predicted octanol–water partition coefficient (Wildman–Crippen LogP) is 3.39. The molecule has 1 aliphatic rings. The van der Waals surface area contributed by atoms with E-state index in [9.17, 15) is 9.59 Å². The first-order chi connectivity index (χ1) is 15.9. The van der Waals surface area contributed by atoms with Crippen LogP contribution in [-0.2, 0) is 20.1 Å². The molecule has 0 N–H and O–H groups in total. The van der Waals surface area contributed by atoms with E-state index in [2.05, 4.69) is 11.8 Å². The molecule has 9 heteroatoms. The number of aryl methyl sites for hydroxylation is 1. The zero-order chi connectivity index (χ0) is 23.3. The summed E-state index contributed by atoms with van der Waals surface area (Å²) in [7, 11) is 3.28. The van der Waals surface area contributed by atoms with Crippen molar-refractivity contribution in [3.05, 3.63) is 80.0 Å². The normalized spacial score (nSPS) is 15.6. The van der Waals surface area contributed by atoms with Gasteiger partial charge in [-0.1, -0.05) is 36.7 Å². The SMILES string of the molecule is COc1cccc(N2C[C@H](C)Cn3c2nc2c3c(=O)n(Cc3ccc(Cl)cc3)c(=O)n2C)c1. The summed E-state index contributed by atoms with van der Waals surface area (Å²) in [6.07, 6.45) is 0. The second-order valence-electron chi connectivity index (χ2n) is 8.47. The van der Waals surface area contributed by atoms with Gasteiger partial charge in [0.2, 0.25) is 5.95 Å². The number of nitrogens with zero attached hydrogens (tertiary/aromatic N) is 5. The molecule has 0 saturated heterocycles. The van der Waals surface area contributed by atoms with E-state index in [0.29, 0.717) is 28.7 Å². The van der Waals surface area contributed by atoms with Crippen molar-refractivity contribution in [3.63, 3.8) is 0 Å². The number of fused-ring (bicyclic) bond motifs is 3. The molecule has 3 heterocycles. The van der Waals surface area contributed by atoms with Gasteiger partial charge >= 0.3 is 5.69 Å². The van der Waals surface area contributed by atoms with Gasteiger partial charge in [-0.3, -0.25) is 13.9 Å². The number of hydrogen-bond donors (Lipinski definition) is 0. The monoisotopic (exact) mass is 465 g/mol.